The van der Waals surface area contributed by atoms with Crippen LogP contribution in [0.15, 0.2) is 54.6 Å². The molecule has 0 unspecified atom stereocenters. The van der Waals surface area contributed by atoms with Crippen LogP contribution >= 0.6 is 0 Å². The Morgan fingerprint density at radius 3 is 2.26 bits per heavy atom. The molecule has 35 heavy (non-hydrogen) atoms. The second-order valence-electron chi connectivity index (χ2n) is 10.2. The predicted octanol–water partition coefficient (Wildman–Crippen LogP) is 3.49. The summed E-state index contributed by atoms with van der Waals surface area (Å²) in [5, 5.41) is 0. The average Bonchev–Trinajstić information content (AvgIpc) is 3.44. The van der Waals surface area contributed by atoms with Crippen molar-refractivity contribution in [1.82, 2.24) is 14.7 Å². The SMILES string of the molecule is O=C(COCc1ccccc1)N1CCN([C@@H](C(=O)N2CCc3ccccc3C2)C2CCCC2)CC1. The first-order valence-corrected chi connectivity index (χ1v) is 13.2. The van der Waals surface area contributed by atoms with Gasteiger partial charge >= 0.3 is 0 Å². The summed E-state index contributed by atoms with van der Waals surface area (Å²) in [6, 6.07) is 18.4. The number of hydrogen-bond donors (Lipinski definition) is 0. The number of carbonyl (C=O) groups is 2. The van der Waals surface area contributed by atoms with Crippen LogP contribution in [0.1, 0.15) is 42.4 Å². The summed E-state index contributed by atoms with van der Waals surface area (Å²) in [5.74, 6) is 0.755. The molecular formula is C29H37N3O3. The van der Waals surface area contributed by atoms with Crippen molar-refractivity contribution in [3.63, 3.8) is 0 Å². The number of benzene rings is 2. The zero-order valence-electron chi connectivity index (χ0n) is 20.6. The monoisotopic (exact) mass is 475 g/mol. The van der Waals surface area contributed by atoms with E-state index in [1.165, 1.54) is 24.0 Å². The van der Waals surface area contributed by atoms with Gasteiger partial charge in [0.15, 0.2) is 0 Å². The topological polar surface area (TPSA) is 53.1 Å². The fraction of sp³-hybridized carbons (Fsp3) is 0.517. The van der Waals surface area contributed by atoms with Crippen LogP contribution in [-0.2, 0) is 33.9 Å². The largest absolute Gasteiger partial charge is 0.367 e. The Morgan fingerprint density at radius 1 is 0.829 bits per heavy atom. The summed E-state index contributed by atoms with van der Waals surface area (Å²) in [6.45, 7) is 4.89. The molecule has 2 heterocycles. The first-order valence-electron chi connectivity index (χ1n) is 13.2. The number of piperazine rings is 1. The number of carbonyl (C=O) groups excluding carboxylic acids is 2. The molecule has 6 heteroatoms. The lowest BCUT2D eigenvalue weighted by atomic mass is 9.92. The van der Waals surface area contributed by atoms with Gasteiger partial charge in [0.2, 0.25) is 11.8 Å². The van der Waals surface area contributed by atoms with Gasteiger partial charge in [0, 0.05) is 39.3 Å². The minimum Gasteiger partial charge on any atom is -0.367 e. The van der Waals surface area contributed by atoms with Crippen molar-refractivity contribution in [3.8, 4) is 0 Å². The minimum absolute atomic E-state index is 0.0389. The maximum Gasteiger partial charge on any atom is 0.248 e. The Hall–Kier alpha value is -2.70. The molecule has 1 atom stereocenters. The predicted molar refractivity (Wildman–Crippen MR) is 136 cm³/mol. The van der Waals surface area contributed by atoms with E-state index in [1.807, 2.05) is 35.2 Å². The number of fused-ring (bicyclic) bond motifs is 1. The Bertz CT molecular complexity index is 997. The van der Waals surface area contributed by atoms with Crippen molar-refractivity contribution in [3.05, 3.63) is 71.3 Å². The van der Waals surface area contributed by atoms with Crippen molar-refractivity contribution in [2.75, 3.05) is 39.3 Å². The first-order chi connectivity index (χ1) is 17.2. The van der Waals surface area contributed by atoms with Crippen LogP contribution in [0.3, 0.4) is 0 Å². The smallest absolute Gasteiger partial charge is 0.248 e. The number of nitrogens with zero attached hydrogens (tertiary/aromatic N) is 3. The molecule has 2 amide bonds. The standard InChI is InChI=1S/C29H37N3O3/c33-27(22-35-21-23-8-2-1-3-9-23)30-16-18-31(19-17-30)28(25-11-5-6-12-25)29(34)32-15-14-24-10-4-7-13-26(24)20-32/h1-4,7-10,13,25,28H,5-6,11-12,14-22H2/t28-/m1/s1. The van der Waals surface area contributed by atoms with Crippen LogP contribution in [0.25, 0.3) is 0 Å². The van der Waals surface area contributed by atoms with Crippen LogP contribution in [0.2, 0.25) is 0 Å². The molecule has 1 saturated carbocycles. The summed E-state index contributed by atoms with van der Waals surface area (Å²) in [7, 11) is 0. The lowest BCUT2D eigenvalue weighted by Crippen LogP contribution is -2.59. The van der Waals surface area contributed by atoms with E-state index >= 15 is 0 Å². The third-order valence-corrected chi connectivity index (χ3v) is 7.94. The molecule has 2 aromatic rings. The lowest BCUT2D eigenvalue weighted by Gasteiger charge is -2.43. The molecule has 0 spiro atoms. The minimum atomic E-state index is -0.0608. The second kappa shape index (κ2) is 11.4. The van der Waals surface area contributed by atoms with Crippen LogP contribution in [0, 0.1) is 5.92 Å². The summed E-state index contributed by atoms with van der Waals surface area (Å²) < 4.78 is 5.67. The summed E-state index contributed by atoms with van der Waals surface area (Å²) in [5.41, 5.74) is 3.72. The van der Waals surface area contributed by atoms with Gasteiger partial charge in [-0.05, 0) is 41.9 Å². The lowest BCUT2D eigenvalue weighted by molar-refractivity contribution is -0.143. The van der Waals surface area contributed by atoms with E-state index in [2.05, 4.69) is 34.1 Å². The second-order valence-corrected chi connectivity index (χ2v) is 10.2. The molecule has 0 radical (unpaired) electrons. The van der Waals surface area contributed by atoms with Gasteiger partial charge in [-0.25, -0.2) is 0 Å². The number of rotatable bonds is 7. The van der Waals surface area contributed by atoms with Crippen molar-refractivity contribution < 1.29 is 14.3 Å². The molecule has 2 fully saturated rings. The van der Waals surface area contributed by atoms with E-state index in [1.54, 1.807) is 0 Å². The van der Waals surface area contributed by atoms with Crippen molar-refractivity contribution in [2.24, 2.45) is 5.92 Å². The van der Waals surface area contributed by atoms with Crippen LogP contribution in [-0.4, -0.2) is 71.9 Å². The van der Waals surface area contributed by atoms with Gasteiger partial charge in [0.25, 0.3) is 0 Å². The molecular weight excluding hydrogens is 438 g/mol. The van der Waals surface area contributed by atoms with E-state index in [0.29, 0.717) is 25.6 Å². The Balaban J connectivity index is 1.17. The Morgan fingerprint density at radius 2 is 1.51 bits per heavy atom. The molecule has 6 nitrogen and oxygen atoms in total. The van der Waals surface area contributed by atoms with Gasteiger partial charge in [-0.15, -0.1) is 0 Å². The molecule has 1 aliphatic carbocycles. The van der Waals surface area contributed by atoms with E-state index in [9.17, 15) is 9.59 Å². The quantitative estimate of drug-likeness (QED) is 0.615. The van der Waals surface area contributed by atoms with Crippen LogP contribution in [0.4, 0.5) is 0 Å². The molecule has 0 N–H and O–H groups in total. The maximum atomic E-state index is 13.9. The number of ether oxygens (including phenoxy) is 1. The van der Waals surface area contributed by atoms with Crippen LogP contribution in [0.5, 0.6) is 0 Å². The van der Waals surface area contributed by atoms with Gasteiger partial charge in [-0.3, -0.25) is 14.5 Å². The van der Waals surface area contributed by atoms with Crippen molar-refractivity contribution in [2.45, 2.75) is 51.3 Å². The van der Waals surface area contributed by atoms with Gasteiger partial charge in [0.05, 0.1) is 12.6 Å². The van der Waals surface area contributed by atoms with Crippen molar-refractivity contribution >= 4 is 11.8 Å². The molecule has 3 aliphatic rings. The van der Waals surface area contributed by atoms with Gasteiger partial charge in [-0.1, -0.05) is 67.4 Å². The Kier molecular flexibility index (Phi) is 7.79. The van der Waals surface area contributed by atoms with Gasteiger partial charge in [-0.2, -0.15) is 0 Å². The summed E-state index contributed by atoms with van der Waals surface area (Å²) in [4.78, 5) is 32.9. The van der Waals surface area contributed by atoms with Crippen LogP contribution < -0.4 is 0 Å². The highest BCUT2D eigenvalue weighted by molar-refractivity contribution is 5.83. The molecule has 186 valence electrons. The highest BCUT2D eigenvalue weighted by Gasteiger charge is 2.39. The molecule has 0 aromatic heterocycles. The van der Waals surface area contributed by atoms with Gasteiger partial charge in [0.1, 0.15) is 6.61 Å². The third-order valence-electron chi connectivity index (χ3n) is 7.94. The molecule has 2 aliphatic heterocycles. The van der Waals surface area contributed by atoms with E-state index < -0.39 is 0 Å². The van der Waals surface area contributed by atoms with Gasteiger partial charge < -0.3 is 14.5 Å². The Labute approximate surface area is 208 Å². The molecule has 5 rings (SSSR count). The average molecular weight is 476 g/mol. The maximum absolute atomic E-state index is 13.9. The van der Waals surface area contributed by atoms with E-state index in [4.69, 9.17) is 4.74 Å². The number of hydrogen-bond acceptors (Lipinski definition) is 4. The normalized spacial score (nSPS) is 20.0. The molecule has 2 aromatic carbocycles. The summed E-state index contributed by atoms with van der Waals surface area (Å²) >= 11 is 0. The fourth-order valence-electron chi connectivity index (χ4n) is 5.97. The molecule has 1 saturated heterocycles. The fourth-order valence-corrected chi connectivity index (χ4v) is 5.97. The highest BCUT2D eigenvalue weighted by atomic mass is 16.5. The van der Waals surface area contributed by atoms with E-state index in [-0.39, 0.29) is 24.5 Å². The molecule has 0 bridgehead atoms. The first kappa shape index (κ1) is 24.0. The summed E-state index contributed by atoms with van der Waals surface area (Å²) in [6.07, 6.45) is 5.63. The third kappa shape index (κ3) is 5.76. The zero-order valence-corrected chi connectivity index (χ0v) is 20.6. The zero-order chi connectivity index (χ0) is 24.0. The van der Waals surface area contributed by atoms with Crippen molar-refractivity contribution in [1.29, 1.82) is 0 Å². The number of amides is 2. The van der Waals surface area contributed by atoms with E-state index in [0.717, 1.165) is 51.0 Å². The highest BCUT2D eigenvalue weighted by Crippen LogP contribution is 2.33.